The van der Waals surface area contributed by atoms with Crippen LogP contribution in [0.1, 0.15) is 16.7 Å². The molecule has 0 fully saturated rings. The first-order chi connectivity index (χ1) is 14.0. The van der Waals surface area contributed by atoms with Crippen molar-refractivity contribution in [3.05, 3.63) is 59.2 Å². The maximum absolute atomic E-state index is 12.7. The monoisotopic (exact) mass is 450 g/mol. The second-order valence-electron chi connectivity index (χ2n) is 6.45. The van der Waals surface area contributed by atoms with Gasteiger partial charge < -0.3 is 9.64 Å². The molecule has 3 rings (SSSR count). The number of nitrogens with one attached hydrogen (secondary N) is 1. The van der Waals surface area contributed by atoms with Gasteiger partial charge in [0.15, 0.2) is 0 Å². The Balaban J connectivity index is 1.65. The summed E-state index contributed by atoms with van der Waals surface area (Å²) in [5.41, 5.74) is -3.68. The standard InChI is InChI=1S/C19H16F6N2O2S/c20-18(21,22)13-4-6-14(7-5-13)29-16-3-1-2-12-11-27(9-8-15(12)16)17(28)10-26-30-19(23,24)25/h1-7,26H,8-11H2. The average molecular weight is 450 g/mol. The Morgan fingerprint density at radius 3 is 2.40 bits per heavy atom. The van der Waals surface area contributed by atoms with E-state index in [1.165, 1.54) is 17.0 Å². The van der Waals surface area contributed by atoms with Crippen molar-refractivity contribution in [3.8, 4) is 11.5 Å². The molecule has 2 aromatic rings. The summed E-state index contributed by atoms with van der Waals surface area (Å²) in [5.74, 6) is 0.236. The summed E-state index contributed by atoms with van der Waals surface area (Å²) in [4.78, 5) is 13.6. The Bertz CT molecular complexity index is 899. The topological polar surface area (TPSA) is 41.6 Å². The number of hydrogen-bond donors (Lipinski definition) is 1. The van der Waals surface area contributed by atoms with Gasteiger partial charge in [0.2, 0.25) is 5.91 Å². The van der Waals surface area contributed by atoms with Crippen LogP contribution < -0.4 is 9.46 Å². The van der Waals surface area contributed by atoms with Gasteiger partial charge in [0.1, 0.15) is 11.5 Å². The molecule has 11 heteroatoms. The second kappa shape index (κ2) is 8.76. The van der Waals surface area contributed by atoms with Crippen molar-refractivity contribution in [2.45, 2.75) is 24.7 Å². The summed E-state index contributed by atoms with van der Waals surface area (Å²) >= 11 is -0.470. The van der Waals surface area contributed by atoms with Gasteiger partial charge in [-0.15, -0.1) is 0 Å². The molecule has 1 aliphatic heterocycles. The summed E-state index contributed by atoms with van der Waals surface area (Å²) in [6.07, 6.45) is -4.03. The lowest BCUT2D eigenvalue weighted by Gasteiger charge is -2.30. The Morgan fingerprint density at radius 1 is 1.07 bits per heavy atom. The Morgan fingerprint density at radius 2 is 1.77 bits per heavy atom. The molecular formula is C19H16F6N2O2S. The fraction of sp³-hybridized carbons (Fsp3) is 0.316. The number of rotatable bonds is 5. The van der Waals surface area contributed by atoms with Crippen molar-refractivity contribution >= 4 is 17.9 Å². The third-order valence-electron chi connectivity index (χ3n) is 4.40. The van der Waals surface area contributed by atoms with Crippen LogP contribution in [0.2, 0.25) is 0 Å². The maximum atomic E-state index is 12.7. The predicted octanol–water partition coefficient (Wildman–Crippen LogP) is 5.14. The van der Waals surface area contributed by atoms with E-state index < -0.39 is 41.6 Å². The molecule has 0 spiro atoms. The second-order valence-corrected chi connectivity index (χ2v) is 7.41. The molecule has 162 valence electrons. The summed E-state index contributed by atoms with van der Waals surface area (Å²) in [6, 6.07) is 9.44. The van der Waals surface area contributed by atoms with Gasteiger partial charge in [-0.25, -0.2) is 4.72 Å². The number of halogens is 6. The number of hydrogen-bond acceptors (Lipinski definition) is 4. The molecule has 0 saturated carbocycles. The summed E-state index contributed by atoms with van der Waals surface area (Å²) in [5, 5.41) is 0. The normalized spacial score (nSPS) is 14.4. The smallest absolute Gasteiger partial charge is 0.456 e. The summed E-state index contributed by atoms with van der Waals surface area (Å²) in [6.45, 7) is 0.0373. The van der Waals surface area contributed by atoms with Gasteiger partial charge in [-0.05, 0) is 42.3 Å². The minimum absolute atomic E-state index is 0.205. The van der Waals surface area contributed by atoms with Crippen molar-refractivity contribution in [2.24, 2.45) is 0 Å². The van der Waals surface area contributed by atoms with E-state index in [-0.39, 0.29) is 18.8 Å². The molecule has 0 aliphatic carbocycles. The molecular weight excluding hydrogens is 434 g/mol. The largest absolute Gasteiger partial charge is 0.457 e. The fourth-order valence-electron chi connectivity index (χ4n) is 3.01. The van der Waals surface area contributed by atoms with E-state index in [0.29, 0.717) is 12.2 Å². The third-order valence-corrected chi connectivity index (χ3v) is 4.92. The van der Waals surface area contributed by atoms with Crippen LogP contribution in [0.25, 0.3) is 0 Å². The average Bonchev–Trinajstić information content (AvgIpc) is 2.66. The van der Waals surface area contributed by atoms with Gasteiger partial charge in [-0.2, -0.15) is 26.3 Å². The Kier molecular flexibility index (Phi) is 6.51. The van der Waals surface area contributed by atoms with Crippen molar-refractivity contribution < 1.29 is 35.9 Å². The third kappa shape index (κ3) is 5.82. The van der Waals surface area contributed by atoms with E-state index in [9.17, 15) is 31.1 Å². The van der Waals surface area contributed by atoms with Gasteiger partial charge in [0, 0.05) is 30.6 Å². The summed E-state index contributed by atoms with van der Waals surface area (Å²) < 4.78 is 82.2. The fourth-order valence-corrected chi connectivity index (χ4v) is 3.37. The molecule has 0 saturated heterocycles. The van der Waals surface area contributed by atoms with E-state index >= 15 is 0 Å². The van der Waals surface area contributed by atoms with E-state index in [0.717, 1.165) is 23.3 Å². The van der Waals surface area contributed by atoms with Gasteiger partial charge >= 0.3 is 11.7 Å². The highest BCUT2D eigenvalue weighted by atomic mass is 32.2. The van der Waals surface area contributed by atoms with Crippen LogP contribution in [0.4, 0.5) is 26.3 Å². The number of carbonyl (C=O) groups excluding carboxylic acids is 1. The first kappa shape index (κ1) is 22.3. The highest BCUT2D eigenvalue weighted by Gasteiger charge is 2.31. The molecule has 1 N–H and O–H groups in total. The highest BCUT2D eigenvalue weighted by molar-refractivity contribution is 7.98. The van der Waals surface area contributed by atoms with E-state index in [4.69, 9.17) is 4.74 Å². The van der Waals surface area contributed by atoms with Crippen LogP contribution in [0.15, 0.2) is 42.5 Å². The molecule has 0 unspecified atom stereocenters. The van der Waals surface area contributed by atoms with Crippen LogP contribution in [0.5, 0.6) is 11.5 Å². The zero-order valence-electron chi connectivity index (χ0n) is 15.3. The molecule has 1 aliphatic rings. The molecule has 0 aromatic heterocycles. The van der Waals surface area contributed by atoms with E-state index in [1.54, 1.807) is 18.2 Å². The number of fused-ring (bicyclic) bond motifs is 1. The van der Waals surface area contributed by atoms with Crippen molar-refractivity contribution in [1.82, 2.24) is 9.62 Å². The quantitative estimate of drug-likeness (QED) is 0.506. The SMILES string of the molecule is O=C(CNSC(F)(F)F)N1CCc2c(cccc2Oc2ccc(C(F)(F)F)cc2)C1. The molecule has 0 radical (unpaired) electrons. The number of ether oxygens (including phenoxy) is 1. The number of alkyl halides is 6. The van der Waals surface area contributed by atoms with Crippen LogP contribution in [0, 0.1) is 0 Å². The van der Waals surface area contributed by atoms with Gasteiger partial charge in [0.05, 0.1) is 12.1 Å². The van der Waals surface area contributed by atoms with Crippen LogP contribution in [-0.4, -0.2) is 29.4 Å². The van der Waals surface area contributed by atoms with Crippen molar-refractivity contribution in [3.63, 3.8) is 0 Å². The number of carbonyl (C=O) groups is 1. The molecule has 1 amide bonds. The maximum Gasteiger partial charge on any atom is 0.456 e. The van der Waals surface area contributed by atoms with Gasteiger partial charge in [-0.1, -0.05) is 12.1 Å². The lowest BCUT2D eigenvalue weighted by Crippen LogP contribution is -2.40. The van der Waals surface area contributed by atoms with Crippen LogP contribution in [-0.2, 0) is 23.9 Å². The zero-order valence-corrected chi connectivity index (χ0v) is 16.1. The van der Waals surface area contributed by atoms with Crippen molar-refractivity contribution in [1.29, 1.82) is 0 Å². The minimum atomic E-state index is -4.47. The van der Waals surface area contributed by atoms with E-state index in [1.807, 2.05) is 4.72 Å². The Hall–Kier alpha value is -2.40. The van der Waals surface area contributed by atoms with Crippen LogP contribution in [0.3, 0.4) is 0 Å². The first-order valence-corrected chi connectivity index (χ1v) is 9.56. The lowest BCUT2D eigenvalue weighted by atomic mass is 9.98. The zero-order chi connectivity index (χ0) is 21.9. The predicted molar refractivity (Wildman–Crippen MR) is 98.7 cm³/mol. The molecule has 2 aromatic carbocycles. The van der Waals surface area contributed by atoms with Crippen LogP contribution >= 0.6 is 11.9 Å². The minimum Gasteiger partial charge on any atom is -0.457 e. The lowest BCUT2D eigenvalue weighted by molar-refractivity contribution is -0.137. The number of amides is 1. The number of benzene rings is 2. The Labute approximate surface area is 172 Å². The number of nitrogens with zero attached hydrogens (tertiary/aromatic N) is 1. The first-order valence-electron chi connectivity index (χ1n) is 8.74. The molecule has 4 nitrogen and oxygen atoms in total. The summed E-state index contributed by atoms with van der Waals surface area (Å²) in [7, 11) is 0. The van der Waals surface area contributed by atoms with Gasteiger partial charge in [-0.3, -0.25) is 4.79 Å². The molecule has 30 heavy (non-hydrogen) atoms. The van der Waals surface area contributed by atoms with Gasteiger partial charge in [0.25, 0.3) is 0 Å². The molecule has 0 bridgehead atoms. The van der Waals surface area contributed by atoms with Crippen molar-refractivity contribution in [2.75, 3.05) is 13.1 Å². The highest BCUT2D eigenvalue weighted by Crippen LogP contribution is 2.34. The molecule has 0 atom stereocenters. The van der Waals surface area contributed by atoms with E-state index in [2.05, 4.69) is 0 Å². The molecule has 1 heterocycles.